The summed E-state index contributed by atoms with van der Waals surface area (Å²) in [5, 5.41) is 19.6. The zero-order valence-electron chi connectivity index (χ0n) is 10.7. The number of hydrogen-bond donors (Lipinski definition) is 3. The zero-order valence-corrected chi connectivity index (χ0v) is 10.7. The second kappa shape index (κ2) is 7.25. The highest BCUT2D eigenvalue weighted by molar-refractivity contribution is 5.92. The van der Waals surface area contributed by atoms with E-state index >= 15 is 0 Å². The van der Waals surface area contributed by atoms with Gasteiger partial charge in [-0.05, 0) is 23.8 Å². The van der Waals surface area contributed by atoms with Crippen LogP contribution in [0, 0.1) is 5.82 Å². The maximum Gasteiger partial charge on any atom is 0.334 e. The highest BCUT2D eigenvalue weighted by Gasteiger charge is 2.12. The normalized spacial score (nSPS) is 12.2. The summed E-state index contributed by atoms with van der Waals surface area (Å²) in [5.74, 6) is -2.49. The van der Waals surface area contributed by atoms with Crippen molar-refractivity contribution < 1.29 is 28.9 Å². The van der Waals surface area contributed by atoms with Gasteiger partial charge in [-0.2, -0.15) is 0 Å². The Morgan fingerprint density at radius 2 is 2.20 bits per heavy atom. The number of ether oxygens (including phenoxy) is 1. The molecule has 1 aromatic carbocycles. The molecule has 1 rings (SSSR count). The lowest BCUT2D eigenvalue weighted by Gasteiger charge is -2.05. The molecule has 20 heavy (non-hydrogen) atoms. The number of aliphatic hydroxyl groups is 1. The molecule has 0 saturated carbocycles. The molecule has 6 nitrogen and oxygen atoms in total. The molecular formula is C13H14FNO5. The van der Waals surface area contributed by atoms with Gasteiger partial charge in [-0.3, -0.25) is 4.79 Å². The van der Waals surface area contributed by atoms with Crippen molar-refractivity contribution in [2.45, 2.75) is 6.10 Å². The average molecular weight is 283 g/mol. The zero-order chi connectivity index (χ0) is 15.1. The third-order valence-corrected chi connectivity index (χ3v) is 2.36. The third kappa shape index (κ3) is 4.69. The fourth-order valence-electron chi connectivity index (χ4n) is 1.30. The lowest BCUT2D eigenvalue weighted by Crippen LogP contribution is -2.35. The van der Waals surface area contributed by atoms with Crippen molar-refractivity contribution >= 4 is 18.0 Å². The maximum atomic E-state index is 13.4. The highest BCUT2D eigenvalue weighted by Crippen LogP contribution is 2.18. The number of aliphatic hydroxyl groups excluding tert-OH is 1. The van der Waals surface area contributed by atoms with E-state index in [1.54, 1.807) is 6.07 Å². The topological polar surface area (TPSA) is 95.9 Å². The molecule has 0 spiro atoms. The number of carbonyl (C=O) groups excluding carboxylic acids is 1. The molecule has 1 amide bonds. The molecular weight excluding hydrogens is 269 g/mol. The highest BCUT2D eigenvalue weighted by atomic mass is 19.1. The number of hydrogen-bond acceptors (Lipinski definition) is 4. The van der Waals surface area contributed by atoms with Crippen molar-refractivity contribution in [3.8, 4) is 5.75 Å². The van der Waals surface area contributed by atoms with E-state index in [0.29, 0.717) is 5.56 Å². The summed E-state index contributed by atoms with van der Waals surface area (Å²) in [4.78, 5) is 21.6. The average Bonchev–Trinajstić information content (AvgIpc) is 2.42. The van der Waals surface area contributed by atoms with Crippen molar-refractivity contribution in [2.75, 3.05) is 13.7 Å². The first-order valence-corrected chi connectivity index (χ1v) is 5.64. The van der Waals surface area contributed by atoms with Crippen LogP contribution in [0.1, 0.15) is 5.56 Å². The number of halogens is 1. The van der Waals surface area contributed by atoms with Crippen molar-refractivity contribution in [1.82, 2.24) is 5.32 Å². The fourth-order valence-corrected chi connectivity index (χ4v) is 1.30. The summed E-state index contributed by atoms with van der Waals surface area (Å²) < 4.78 is 18.1. The van der Waals surface area contributed by atoms with E-state index in [4.69, 9.17) is 14.9 Å². The number of carbonyl (C=O) groups is 2. The largest absolute Gasteiger partial charge is 0.494 e. The molecule has 108 valence electrons. The summed E-state index contributed by atoms with van der Waals surface area (Å²) in [6.45, 7) is -0.407. The number of rotatable bonds is 6. The molecule has 0 heterocycles. The van der Waals surface area contributed by atoms with Crippen molar-refractivity contribution in [3.63, 3.8) is 0 Å². The quantitative estimate of drug-likeness (QED) is 0.657. The molecule has 1 atom stereocenters. The summed E-state index contributed by atoms with van der Waals surface area (Å²) in [6.07, 6.45) is 0.798. The second-order valence-electron chi connectivity index (χ2n) is 3.83. The minimum Gasteiger partial charge on any atom is -0.494 e. The lowest BCUT2D eigenvalue weighted by molar-refractivity contribution is -0.146. The molecule has 0 aromatic heterocycles. The number of benzene rings is 1. The minimum atomic E-state index is -1.66. The standard InChI is InChI=1S/C13H14FNO5/c1-20-11-4-2-8(6-9(11)14)3-5-12(17)15-7-10(16)13(18)19/h2-6,10,16H,7H2,1H3,(H,15,17)(H,18,19). The summed E-state index contributed by atoms with van der Waals surface area (Å²) in [7, 11) is 1.34. The Morgan fingerprint density at radius 3 is 2.75 bits per heavy atom. The Bertz CT molecular complexity index is 529. The Kier molecular flexibility index (Phi) is 5.67. The van der Waals surface area contributed by atoms with Gasteiger partial charge in [-0.25, -0.2) is 9.18 Å². The van der Waals surface area contributed by atoms with E-state index in [2.05, 4.69) is 5.32 Å². The molecule has 1 aromatic rings. The van der Waals surface area contributed by atoms with Crippen LogP contribution in [0.4, 0.5) is 4.39 Å². The third-order valence-electron chi connectivity index (χ3n) is 2.36. The van der Waals surface area contributed by atoms with Crippen LogP contribution in [-0.2, 0) is 9.59 Å². The van der Waals surface area contributed by atoms with Gasteiger partial charge < -0.3 is 20.3 Å². The van der Waals surface area contributed by atoms with Crippen molar-refractivity contribution in [3.05, 3.63) is 35.7 Å². The van der Waals surface area contributed by atoms with E-state index < -0.39 is 30.3 Å². The molecule has 0 aliphatic heterocycles. The van der Waals surface area contributed by atoms with Crippen LogP contribution in [0.2, 0.25) is 0 Å². The molecule has 0 radical (unpaired) electrons. The molecule has 0 aliphatic rings. The van der Waals surface area contributed by atoms with Gasteiger partial charge in [-0.1, -0.05) is 6.07 Å². The lowest BCUT2D eigenvalue weighted by atomic mass is 10.2. The van der Waals surface area contributed by atoms with Gasteiger partial charge in [-0.15, -0.1) is 0 Å². The van der Waals surface area contributed by atoms with E-state index in [1.807, 2.05) is 0 Å². The number of methoxy groups -OCH3 is 1. The summed E-state index contributed by atoms with van der Waals surface area (Å²) in [5.41, 5.74) is 0.442. The first-order valence-electron chi connectivity index (χ1n) is 5.64. The monoisotopic (exact) mass is 283 g/mol. The predicted molar refractivity (Wildman–Crippen MR) is 68.6 cm³/mol. The van der Waals surface area contributed by atoms with Crippen LogP contribution in [0.5, 0.6) is 5.75 Å². The van der Waals surface area contributed by atoms with Gasteiger partial charge in [0.15, 0.2) is 17.7 Å². The molecule has 3 N–H and O–H groups in total. The fraction of sp³-hybridized carbons (Fsp3) is 0.231. The first kappa shape index (κ1) is 15.6. The smallest absolute Gasteiger partial charge is 0.334 e. The first-order chi connectivity index (χ1) is 9.43. The number of carboxylic acids is 1. The Labute approximate surface area is 114 Å². The maximum absolute atomic E-state index is 13.4. The van der Waals surface area contributed by atoms with Gasteiger partial charge in [0.05, 0.1) is 13.7 Å². The van der Waals surface area contributed by atoms with Crippen LogP contribution >= 0.6 is 0 Å². The molecule has 0 aliphatic carbocycles. The van der Waals surface area contributed by atoms with Crippen molar-refractivity contribution in [1.29, 1.82) is 0 Å². The van der Waals surface area contributed by atoms with Gasteiger partial charge in [0.1, 0.15) is 0 Å². The van der Waals surface area contributed by atoms with Gasteiger partial charge >= 0.3 is 5.97 Å². The van der Waals surface area contributed by atoms with Gasteiger partial charge in [0.2, 0.25) is 5.91 Å². The van der Waals surface area contributed by atoms with Crippen LogP contribution < -0.4 is 10.1 Å². The van der Waals surface area contributed by atoms with Crippen LogP contribution in [0.25, 0.3) is 6.08 Å². The van der Waals surface area contributed by atoms with E-state index in [9.17, 15) is 14.0 Å². The SMILES string of the molecule is COc1ccc(C=CC(=O)NCC(O)C(=O)O)cc1F. The Balaban J connectivity index is 2.57. The Hall–Kier alpha value is -2.41. The van der Waals surface area contributed by atoms with Crippen LogP contribution in [0.15, 0.2) is 24.3 Å². The second-order valence-corrected chi connectivity index (χ2v) is 3.83. The number of aliphatic carboxylic acids is 1. The van der Waals surface area contributed by atoms with Gasteiger partial charge in [0, 0.05) is 6.08 Å². The van der Waals surface area contributed by atoms with Gasteiger partial charge in [0.25, 0.3) is 0 Å². The summed E-state index contributed by atoms with van der Waals surface area (Å²) >= 11 is 0. The Morgan fingerprint density at radius 1 is 1.50 bits per heavy atom. The number of nitrogens with one attached hydrogen (secondary N) is 1. The van der Waals surface area contributed by atoms with E-state index in [-0.39, 0.29) is 5.75 Å². The van der Waals surface area contributed by atoms with E-state index in [1.165, 1.54) is 25.3 Å². The van der Waals surface area contributed by atoms with E-state index in [0.717, 1.165) is 6.08 Å². The molecule has 0 fully saturated rings. The van der Waals surface area contributed by atoms with Crippen LogP contribution in [-0.4, -0.2) is 41.8 Å². The number of amides is 1. The predicted octanol–water partition coefficient (Wildman–Crippen LogP) is 0.409. The summed E-state index contributed by atoms with van der Waals surface area (Å²) in [6, 6.07) is 4.16. The van der Waals surface area contributed by atoms with Crippen LogP contribution in [0.3, 0.4) is 0 Å². The molecule has 0 bridgehead atoms. The molecule has 1 unspecified atom stereocenters. The molecule has 7 heteroatoms. The minimum absolute atomic E-state index is 0.0937. The van der Waals surface area contributed by atoms with Crippen molar-refractivity contribution in [2.24, 2.45) is 0 Å². The number of carboxylic acid groups (broad SMARTS) is 1. The molecule has 0 saturated heterocycles.